The predicted molar refractivity (Wildman–Crippen MR) is 118 cm³/mol. The minimum absolute atomic E-state index is 0.0246. The van der Waals surface area contributed by atoms with Crippen LogP contribution in [0.4, 0.5) is 0 Å². The number of fused-ring (bicyclic) bond motifs is 3. The predicted octanol–water partition coefficient (Wildman–Crippen LogP) is 5.92. The van der Waals surface area contributed by atoms with Crippen molar-refractivity contribution in [2.45, 2.75) is 19.4 Å². The molecule has 1 aromatic heterocycles. The molecule has 1 aliphatic rings. The number of nitrogens with zero attached hydrogens (tertiary/aromatic N) is 1. The highest BCUT2D eigenvalue weighted by atomic mass is 35.5. The summed E-state index contributed by atoms with van der Waals surface area (Å²) in [4.78, 5) is 19.0. The van der Waals surface area contributed by atoms with Crippen molar-refractivity contribution in [1.29, 1.82) is 0 Å². The number of rotatable bonds is 2. The van der Waals surface area contributed by atoms with E-state index in [-0.39, 0.29) is 11.9 Å². The molecule has 0 saturated heterocycles. The number of hydrogen-bond donors (Lipinski definition) is 1. The second-order valence-electron chi connectivity index (χ2n) is 7.63. The van der Waals surface area contributed by atoms with E-state index in [0.717, 1.165) is 23.2 Å². The lowest BCUT2D eigenvalue weighted by atomic mass is 9.91. The molecular weight excluding hydrogens is 380 g/mol. The molecular formula is C25H21ClN2O. The Morgan fingerprint density at radius 3 is 2.48 bits per heavy atom. The molecule has 0 saturated carbocycles. The summed E-state index contributed by atoms with van der Waals surface area (Å²) >= 11 is 6.02. The van der Waals surface area contributed by atoms with Crippen molar-refractivity contribution >= 4 is 28.4 Å². The average molecular weight is 401 g/mol. The normalized spacial score (nSPS) is 16.1. The van der Waals surface area contributed by atoms with Crippen LogP contribution in [0.1, 0.15) is 38.8 Å². The highest BCUT2D eigenvalue weighted by Crippen LogP contribution is 2.39. The van der Waals surface area contributed by atoms with Crippen LogP contribution in [0, 0.1) is 6.92 Å². The lowest BCUT2D eigenvalue weighted by Gasteiger charge is -2.36. The van der Waals surface area contributed by atoms with E-state index in [0.29, 0.717) is 17.1 Å². The Hall–Kier alpha value is -3.04. The first-order chi connectivity index (χ1) is 14.1. The fraction of sp³-hybridized carbons (Fsp3) is 0.160. The molecule has 1 N–H and O–H groups in total. The summed E-state index contributed by atoms with van der Waals surface area (Å²) in [6.45, 7) is 2.75. The maximum Gasteiger partial charge on any atom is 0.254 e. The van der Waals surface area contributed by atoms with Gasteiger partial charge in [-0.25, -0.2) is 0 Å². The lowest BCUT2D eigenvalue weighted by Crippen LogP contribution is -2.40. The van der Waals surface area contributed by atoms with Crippen molar-refractivity contribution in [1.82, 2.24) is 9.88 Å². The number of nitrogens with one attached hydrogen (secondary N) is 1. The van der Waals surface area contributed by atoms with Gasteiger partial charge in [0.25, 0.3) is 5.91 Å². The SMILES string of the molecule is Cc1ccc(C2c3[nH]c4ccccc4c3CCN2C(=O)c2ccc(Cl)cc2)cc1. The maximum atomic E-state index is 13.5. The minimum atomic E-state index is -0.144. The fourth-order valence-corrected chi connectivity index (χ4v) is 4.44. The molecule has 2 heterocycles. The summed E-state index contributed by atoms with van der Waals surface area (Å²) in [5.74, 6) is 0.0246. The van der Waals surface area contributed by atoms with Crippen molar-refractivity contribution in [2.75, 3.05) is 6.54 Å². The first-order valence-electron chi connectivity index (χ1n) is 9.84. The number of benzene rings is 3. The molecule has 3 nitrogen and oxygen atoms in total. The van der Waals surface area contributed by atoms with Crippen LogP contribution in [-0.4, -0.2) is 22.3 Å². The van der Waals surface area contributed by atoms with E-state index in [2.05, 4.69) is 54.4 Å². The lowest BCUT2D eigenvalue weighted by molar-refractivity contribution is 0.0692. The number of H-pyrrole nitrogens is 1. The topological polar surface area (TPSA) is 36.1 Å². The summed E-state index contributed by atoms with van der Waals surface area (Å²) in [6, 6.07) is 23.9. The zero-order chi connectivity index (χ0) is 20.0. The molecule has 29 heavy (non-hydrogen) atoms. The zero-order valence-corrected chi connectivity index (χ0v) is 16.9. The third-order valence-electron chi connectivity index (χ3n) is 5.78. The minimum Gasteiger partial charge on any atom is -0.356 e. The highest BCUT2D eigenvalue weighted by Gasteiger charge is 2.34. The van der Waals surface area contributed by atoms with Gasteiger partial charge in [0, 0.05) is 33.7 Å². The summed E-state index contributed by atoms with van der Waals surface area (Å²) in [7, 11) is 0. The Kier molecular flexibility index (Phi) is 4.40. The first-order valence-corrected chi connectivity index (χ1v) is 10.2. The van der Waals surface area contributed by atoms with E-state index in [1.54, 1.807) is 24.3 Å². The van der Waals surface area contributed by atoms with E-state index < -0.39 is 0 Å². The third-order valence-corrected chi connectivity index (χ3v) is 6.03. The van der Waals surface area contributed by atoms with Gasteiger partial charge in [-0.1, -0.05) is 59.6 Å². The Balaban J connectivity index is 1.65. The van der Waals surface area contributed by atoms with Crippen LogP contribution in [0.2, 0.25) is 5.02 Å². The zero-order valence-electron chi connectivity index (χ0n) is 16.2. The van der Waals surface area contributed by atoms with Crippen LogP contribution in [0.25, 0.3) is 10.9 Å². The van der Waals surface area contributed by atoms with Crippen LogP contribution < -0.4 is 0 Å². The summed E-state index contributed by atoms with van der Waals surface area (Å²) in [5.41, 5.74) is 6.53. The number of hydrogen-bond acceptors (Lipinski definition) is 1. The number of halogens is 1. The number of carbonyl (C=O) groups excluding carboxylic acids is 1. The van der Waals surface area contributed by atoms with Crippen molar-refractivity contribution in [3.8, 4) is 0 Å². The Morgan fingerprint density at radius 1 is 1.00 bits per heavy atom. The summed E-state index contributed by atoms with van der Waals surface area (Å²) in [6.07, 6.45) is 0.834. The molecule has 1 aliphatic heterocycles. The molecule has 144 valence electrons. The second-order valence-corrected chi connectivity index (χ2v) is 8.07. The van der Waals surface area contributed by atoms with E-state index in [9.17, 15) is 4.79 Å². The molecule has 5 rings (SSSR count). The van der Waals surface area contributed by atoms with Crippen molar-refractivity contribution in [2.24, 2.45) is 0 Å². The Morgan fingerprint density at radius 2 is 1.72 bits per heavy atom. The number of carbonyl (C=O) groups is 1. The second kappa shape index (κ2) is 7.09. The quantitative estimate of drug-likeness (QED) is 0.445. The maximum absolute atomic E-state index is 13.5. The van der Waals surface area contributed by atoms with E-state index in [1.165, 1.54) is 16.5 Å². The van der Waals surface area contributed by atoms with E-state index in [4.69, 9.17) is 11.6 Å². The van der Waals surface area contributed by atoms with Gasteiger partial charge in [-0.2, -0.15) is 0 Å². The standard InChI is InChI=1S/C25H21ClN2O/c1-16-6-8-17(9-7-16)24-23-21(20-4-2-3-5-22(20)27-23)14-15-28(24)25(29)18-10-12-19(26)13-11-18/h2-13,24,27H,14-15H2,1H3. The van der Waals surface area contributed by atoms with Crippen molar-refractivity contribution in [3.05, 3.63) is 106 Å². The van der Waals surface area contributed by atoms with Gasteiger partial charge in [-0.3, -0.25) is 4.79 Å². The third kappa shape index (κ3) is 3.12. The van der Waals surface area contributed by atoms with Crippen molar-refractivity contribution in [3.63, 3.8) is 0 Å². The average Bonchev–Trinajstić information content (AvgIpc) is 3.12. The van der Waals surface area contributed by atoms with Gasteiger partial charge in [0.1, 0.15) is 0 Å². The van der Waals surface area contributed by atoms with Crippen LogP contribution in [0.15, 0.2) is 72.8 Å². The molecule has 1 unspecified atom stereocenters. The van der Waals surface area contributed by atoms with Gasteiger partial charge in [0.15, 0.2) is 0 Å². The molecule has 0 spiro atoms. The molecule has 0 fully saturated rings. The van der Waals surface area contributed by atoms with E-state index in [1.807, 2.05) is 11.0 Å². The van der Waals surface area contributed by atoms with Crippen LogP contribution in [-0.2, 0) is 6.42 Å². The fourth-order valence-electron chi connectivity index (χ4n) is 4.31. The van der Waals surface area contributed by atoms with Gasteiger partial charge < -0.3 is 9.88 Å². The molecule has 4 heteroatoms. The highest BCUT2D eigenvalue weighted by molar-refractivity contribution is 6.30. The molecule has 1 amide bonds. The van der Waals surface area contributed by atoms with Crippen LogP contribution in [0.5, 0.6) is 0 Å². The Bertz CT molecular complexity index is 1190. The van der Waals surface area contributed by atoms with Gasteiger partial charge in [-0.05, 0) is 54.8 Å². The first kappa shape index (κ1) is 18.0. The molecule has 0 aliphatic carbocycles. The molecule has 0 bridgehead atoms. The van der Waals surface area contributed by atoms with Crippen LogP contribution >= 0.6 is 11.6 Å². The summed E-state index contributed by atoms with van der Waals surface area (Å²) < 4.78 is 0. The number of aryl methyl sites for hydroxylation is 1. The summed E-state index contributed by atoms with van der Waals surface area (Å²) in [5, 5.41) is 1.88. The van der Waals surface area contributed by atoms with Crippen LogP contribution in [0.3, 0.4) is 0 Å². The van der Waals surface area contributed by atoms with Gasteiger partial charge in [-0.15, -0.1) is 0 Å². The van der Waals surface area contributed by atoms with Gasteiger partial charge in [0.05, 0.1) is 6.04 Å². The monoisotopic (exact) mass is 400 g/mol. The molecule has 1 atom stereocenters. The number of amides is 1. The molecule has 0 radical (unpaired) electrons. The number of aromatic nitrogens is 1. The number of aromatic amines is 1. The Labute approximate surface area is 174 Å². The van der Waals surface area contributed by atoms with Crippen molar-refractivity contribution < 1.29 is 4.79 Å². The smallest absolute Gasteiger partial charge is 0.254 e. The molecule has 3 aromatic carbocycles. The van der Waals surface area contributed by atoms with E-state index >= 15 is 0 Å². The van der Waals surface area contributed by atoms with Gasteiger partial charge in [0.2, 0.25) is 0 Å². The molecule has 4 aromatic rings. The number of para-hydroxylation sites is 1. The largest absolute Gasteiger partial charge is 0.356 e. The van der Waals surface area contributed by atoms with Gasteiger partial charge >= 0.3 is 0 Å².